The van der Waals surface area contributed by atoms with Gasteiger partial charge in [0.05, 0.1) is 11.2 Å². The van der Waals surface area contributed by atoms with Crippen molar-refractivity contribution in [3.8, 4) is 16.9 Å². The summed E-state index contributed by atoms with van der Waals surface area (Å²) in [6.45, 7) is 4.73. The summed E-state index contributed by atoms with van der Waals surface area (Å²) >= 11 is 12.2. The average molecular weight is 453 g/mol. The van der Waals surface area contributed by atoms with E-state index in [9.17, 15) is 14.3 Å². The molecule has 30 heavy (non-hydrogen) atoms. The van der Waals surface area contributed by atoms with Gasteiger partial charge in [-0.1, -0.05) is 23.2 Å². The van der Waals surface area contributed by atoms with Crippen LogP contribution in [-0.4, -0.2) is 25.8 Å². The molecule has 1 aromatic carbocycles. The summed E-state index contributed by atoms with van der Waals surface area (Å²) in [6.07, 6.45) is 3.92. The van der Waals surface area contributed by atoms with Crippen molar-refractivity contribution in [3.63, 3.8) is 0 Å². The first-order valence-electron chi connectivity index (χ1n) is 8.87. The number of nitrogens with zero attached hydrogens (tertiary/aromatic N) is 3. The summed E-state index contributed by atoms with van der Waals surface area (Å²) in [5, 5.41) is 13.6. The number of carboxylic acids is 1. The zero-order valence-corrected chi connectivity index (χ0v) is 17.9. The fraction of sp³-hybridized carbons (Fsp3) is 0.250. The number of benzene rings is 1. The van der Waals surface area contributed by atoms with Crippen LogP contribution in [0, 0.1) is 5.82 Å². The molecule has 1 atom stereocenters. The third-order valence-corrected chi connectivity index (χ3v) is 5.40. The lowest BCUT2D eigenvalue weighted by molar-refractivity contribution is -0.146. The first-order valence-corrected chi connectivity index (χ1v) is 9.62. The van der Waals surface area contributed by atoms with Crippen LogP contribution in [0.2, 0.25) is 10.0 Å². The summed E-state index contributed by atoms with van der Waals surface area (Å²) in [5.41, 5.74) is 6.23. The van der Waals surface area contributed by atoms with E-state index in [1.807, 2.05) is 0 Å². The standard InChI is InChI=1S/C20H19Cl2FN4O3/c1-10(16-13(21)4-5-14(23)17(16)22)30-15-6-11(7-25-18(15)24)12-8-26-27(9-12)20(2,3)19(28)29/h4-10H,1-3H3,(H2,24,25)(H,28,29). The molecule has 0 bridgehead atoms. The van der Waals surface area contributed by atoms with Crippen molar-refractivity contribution >= 4 is 35.0 Å². The van der Waals surface area contributed by atoms with Crippen LogP contribution >= 0.6 is 23.2 Å². The molecule has 0 aliphatic heterocycles. The lowest BCUT2D eigenvalue weighted by atomic mass is 10.1. The number of carboxylic acid groups (broad SMARTS) is 1. The number of carbonyl (C=O) groups is 1. The van der Waals surface area contributed by atoms with Crippen LogP contribution < -0.4 is 10.5 Å². The third-order valence-electron chi connectivity index (χ3n) is 4.68. The van der Waals surface area contributed by atoms with E-state index < -0.39 is 23.4 Å². The van der Waals surface area contributed by atoms with Crippen LogP contribution in [0.3, 0.4) is 0 Å². The van der Waals surface area contributed by atoms with Gasteiger partial charge < -0.3 is 15.6 Å². The Morgan fingerprint density at radius 3 is 2.67 bits per heavy atom. The molecule has 2 heterocycles. The number of ether oxygens (including phenoxy) is 1. The van der Waals surface area contributed by atoms with E-state index in [0.717, 1.165) is 0 Å². The maximum absolute atomic E-state index is 13.8. The third kappa shape index (κ3) is 4.06. The molecule has 0 aliphatic carbocycles. The van der Waals surface area contributed by atoms with Crippen molar-refractivity contribution in [3.05, 3.63) is 58.2 Å². The van der Waals surface area contributed by atoms with Gasteiger partial charge in [0.1, 0.15) is 11.9 Å². The van der Waals surface area contributed by atoms with Crippen LogP contribution in [0.4, 0.5) is 10.2 Å². The number of rotatable bonds is 6. The quantitative estimate of drug-likeness (QED) is 0.513. The van der Waals surface area contributed by atoms with E-state index in [2.05, 4.69) is 10.1 Å². The van der Waals surface area contributed by atoms with Crippen LogP contribution in [0.15, 0.2) is 36.8 Å². The highest BCUT2D eigenvalue weighted by atomic mass is 35.5. The monoisotopic (exact) mass is 452 g/mol. The van der Waals surface area contributed by atoms with Gasteiger partial charge in [0, 0.05) is 34.1 Å². The number of halogens is 3. The average Bonchev–Trinajstić information content (AvgIpc) is 3.17. The van der Waals surface area contributed by atoms with Crippen molar-refractivity contribution in [1.29, 1.82) is 0 Å². The molecular formula is C20H19Cl2FN4O3. The molecule has 3 rings (SSSR count). The molecule has 0 saturated carbocycles. The molecule has 7 nitrogen and oxygen atoms in total. The van der Waals surface area contributed by atoms with Crippen molar-refractivity contribution in [1.82, 2.24) is 14.8 Å². The molecule has 0 fully saturated rings. The van der Waals surface area contributed by atoms with Crippen molar-refractivity contribution in [2.75, 3.05) is 5.73 Å². The molecule has 3 aromatic rings. The molecule has 0 spiro atoms. The topological polar surface area (TPSA) is 103 Å². The molecule has 0 radical (unpaired) electrons. The Bertz CT molecular complexity index is 1120. The number of nitrogen functional groups attached to an aromatic ring is 1. The highest BCUT2D eigenvalue weighted by Gasteiger charge is 2.30. The normalized spacial score (nSPS) is 12.6. The van der Waals surface area contributed by atoms with E-state index in [-0.39, 0.29) is 21.6 Å². The number of aromatic nitrogens is 3. The van der Waals surface area contributed by atoms with Gasteiger partial charge in [0.2, 0.25) is 0 Å². The van der Waals surface area contributed by atoms with Crippen molar-refractivity contribution < 1.29 is 19.0 Å². The Morgan fingerprint density at radius 2 is 2.00 bits per heavy atom. The Morgan fingerprint density at radius 1 is 1.30 bits per heavy atom. The van der Waals surface area contributed by atoms with Gasteiger partial charge in [-0.3, -0.25) is 4.68 Å². The lowest BCUT2D eigenvalue weighted by Gasteiger charge is -2.19. The number of pyridine rings is 1. The van der Waals surface area contributed by atoms with E-state index in [4.69, 9.17) is 33.7 Å². The number of anilines is 1. The first-order chi connectivity index (χ1) is 14.0. The van der Waals surface area contributed by atoms with Gasteiger partial charge >= 0.3 is 5.97 Å². The fourth-order valence-corrected chi connectivity index (χ4v) is 3.43. The Hall–Kier alpha value is -2.84. The summed E-state index contributed by atoms with van der Waals surface area (Å²) in [6, 6.07) is 4.21. The fourth-order valence-electron chi connectivity index (χ4n) is 2.75. The van der Waals surface area contributed by atoms with Crippen molar-refractivity contribution in [2.45, 2.75) is 32.4 Å². The van der Waals surface area contributed by atoms with Crippen LogP contribution in [0.1, 0.15) is 32.4 Å². The SMILES string of the molecule is CC(Oc1cc(-c2cnn(C(C)(C)C(=O)O)c2)cnc1N)c1c(Cl)ccc(F)c1Cl. The summed E-state index contributed by atoms with van der Waals surface area (Å²) in [4.78, 5) is 15.6. The smallest absolute Gasteiger partial charge is 0.331 e. The number of hydrogen-bond donors (Lipinski definition) is 2. The van der Waals surface area contributed by atoms with Crippen LogP contribution in [0.25, 0.3) is 11.1 Å². The molecule has 2 aromatic heterocycles. The second kappa shape index (κ2) is 8.12. The largest absolute Gasteiger partial charge is 0.482 e. The minimum absolute atomic E-state index is 0.118. The maximum Gasteiger partial charge on any atom is 0.331 e. The first kappa shape index (κ1) is 21.9. The zero-order valence-electron chi connectivity index (χ0n) is 16.4. The van der Waals surface area contributed by atoms with Crippen LogP contribution in [-0.2, 0) is 10.3 Å². The molecule has 0 amide bonds. The number of nitrogens with two attached hydrogens (primary N) is 1. The second-order valence-electron chi connectivity index (χ2n) is 7.16. The van der Waals surface area contributed by atoms with E-state index in [1.54, 1.807) is 19.2 Å². The van der Waals surface area contributed by atoms with Gasteiger partial charge in [0.15, 0.2) is 17.1 Å². The summed E-state index contributed by atoms with van der Waals surface area (Å²) in [7, 11) is 0. The molecule has 0 saturated heterocycles. The Balaban J connectivity index is 1.93. The molecule has 1 unspecified atom stereocenters. The minimum Gasteiger partial charge on any atom is -0.482 e. The van der Waals surface area contributed by atoms with Crippen molar-refractivity contribution in [2.24, 2.45) is 0 Å². The van der Waals surface area contributed by atoms with Gasteiger partial charge in [-0.2, -0.15) is 5.10 Å². The minimum atomic E-state index is -1.22. The Kier molecular flexibility index (Phi) is 5.92. The van der Waals surface area contributed by atoms with E-state index in [0.29, 0.717) is 16.7 Å². The Labute approximate surface area is 182 Å². The van der Waals surface area contributed by atoms with Gasteiger partial charge in [0.25, 0.3) is 0 Å². The molecular weight excluding hydrogens is 434 g/mol. The number of aliphatic carboxylic acids is 1. The van der Waals surface area contributed by atoms with Gasteiger partial charge in [-0.05, 0) is 39.0 Å². The molecule has 10 heteroatoms. The lowest BCUT2D eigenvalue weighted by Crippen LogP contribution is -2.35. The molecule has 0 aliphatic rings. The van der Waals surface area contributed by atoms with Gasteiger partial charge in [-0.25, -0.2) is 14.2 Å². The van der Waals surface area contributed by atoms with Gasteiger partial charge in [-0.15, -0.1) is 0 Å². The maximum atomic E-state index is 13.8. The highest BCUT2D eigenvalue weighted by molar-refractivity contribution is 6.36. The second-order valence-corrected chi connectivity index (χ2v) is 7.95. The molecule has 158 valence electrons. The van der Waals surface area contributed by atoms with Crippen LogP contribution in [0.5, 0.6) is 5.75 Å². The summed E-state index contributed by atoms with van der Waals surface area (Å²) in [5.74, 6) is -1.27. The predicted molar refractivity (Wildman–Crippen MR) is 112 cm³/mol. The number of hydrogen-bond acceptors (Lipinski definition) is 5. The molecule has 3 N–H and O–H groups in total. The summed E-state index contributed by atoms with van der Waals surface area (Å²) < 4.78 is 21.1. The predicted octanol–water partition coefficient (Wildman–Crippen LogP) is 4.93. The zero-order chi connectivity index (χ0) is 22.2. The highest BCUT2D eigenvalue weighted by Crippen LogP contribution is 2.37. The van der Waals surface area contributed by atoms with E-state index in [1.165, 1.54) is 43.1 Å². The van der Waals surface area contributed by atoms with E-state index >= 15 is 0 Å².